The first-order valence-electron chi connectivity index (χ1n) is 8.59. The zero-order valence-corrected chi connectivity index (χ0v) is 18.7. The lowest BCUT2D eigenvalue weighted by Crippen LogP contribution is -2.36. The van der Waals surface area contributed by atoms with E-state index in [9.17, 15) is 13.6 Å². The highest BCUT2D eigenvalue weighted by Gasteiger charge is 2.11. The summed E-state index contributed by atoms with van der Waals surface area (Å²) in [4.78, 5) is 15.6. The van der Waals surface area contributed by atoms with Crippen LogP contribution >= 0.6 is 24.0 Å². The van der Waals surface area contributed by atoms with Gasteiger partial charge in [-0.1, -0.05) is 29.8 Å². The van der Waals surface area contributed by atoms with Gasteiger partial charge in [-0.05, 0) is 30.7 Å². The van der Waals surface area contributed by atoms with Crippen LogP contribution in [0.25, 0.3) is 0 Å². The van der Waals surface area contributed by atoms with Gasteiger partial charge in [-0.2, -0.15) is 8.78 Å². The van der Waals surface area contributed by atoms with Crippen molar-refractivity contribution in [2.75, 3.05) is 14.2 Å². The summed E-state index contributed by atoms with van der Waals surface area (Å²) in [5.41, 5.74) is 2.95. The van der Waals surface area contributed by atoms with E-state index in [1.165, 1.54) is 13.2 Å². The van der Waals surface area contributed by atoms with E-state index in [1.807, 2.05) is 19.1 Å². The smallest absolute Gasteiger partial charge is 0.387 e. The zero-order chi connectivity index (χ0) is 20.5. The first-order valence-corrected chi connectivity index (χ1v) is 8.59. The monoisotopic (exact) mass is 519 g/mol. The highest BCUT2D eigenvalue weighted by molar-refractivity contribution is 14.0. The summed E-state index contributed by atoms with van der Waals surface area (Å²) in [6.45, 7) is -0.271. The number of methoxy groups -OCH3 is 1. The second-order valence-electron chi connectivity index (χ2n) is 5.96. The summed E-state index contributed by atoms with van der Waals surface area (Å²) in [5, 5.41) is 6.20. The standard InChI is InChI=1S/C20H23F2N3O3.HI/c1-13-4-9-17(28-19(21)22)16(10-13)12-25-20(23-2)24-11-14-5-7-15(8-6-14)18(26)27-3;/h4-10,19H,11-12H2,1-3H3,(H2,23,24,25);1H. The van der Waals surface area contributed by atoms with Crippen molar-refractivity contribution in [2.45, 2.75) is 26.6 Å². The number of nitrogens with one attached hydrogen (secondary N) is 2. The number of halogens is 3. The molecule has 0 aliphatic heterocycles. The number of carbonyl (C=O) groups excluding carboxylic acids is 1. The number of esters is 1. The minimum Gasteiger partial charge on any atom is -0.465 e. The van der Waals surface area contributed by atoms with Gasteiger partial charge >= 0.3 is 12.6 Å². The Morgan fingerprint density at radius 2 is 1.76 bits per heavy atom. The topological polar surface area (TPSA) is 72.0 Å². The van der Waals surface area contributed by atoms with E-state index in [2.05, 4.69) is 25.1 Å². The average Bonchev–Trinajstić information content (AvgIpc) is 2.69. The Balaban J connectivity index is 0.00000420. The second kappa shape index (κ2) is 12.2. The van der Waals surface area contributed by atoms with Gasteiger partial charge in [0.15, 0.2) is 5.96 Å². The van der Waals surface area contributed by atoms with E-state index in [1.54, 1.807) is 31.3 Å². The highest BCUT2D eigenvalue weighted by Crippen LogP contribution is 2.22. The molecule has 29 heavy (non-hydrogen) atoms. The van der Waals surface area contributed by atoms with Crippen molar-refractivity contribution in [3.8, 4) is 5.75 Å². The quantitative estimate of drug-likeness (QED) is 0.252. The first-order chi connectivity index (χ1) is 13.4. The fourth-order valence-corrected chi connectivity index (χ4v) is 2.52. The van der Waals surface area contributed by atoms with Gasteiger partial charge in [-0.3, -0.25) is 4.99 Å². The van der Waals surface area contributed by atoms with E-state index in [0.717, 1.165) is 11.1 Å². The average molecular weight is 519 g/mol. The predicted octanol–water partition coefficient (Wildman–Crippen LogP) is 3.87. The molecule has 0 aliphatic rings. The third kappa shape index (κ3) is 7.84. The van der Waals surface area contributed by atoms with Gasteiger partial charge in [0.05, 0.1) is 12.7 Å². The van der Waals surface area contributed by atoms with Crippen molar-refractivity contribution in [3.05, 3.63) is 64.7 Å². The van der Waals surface area contributed by atoms with Crippen LogP contribution in [0.1, 0.15) is 27.0 Å². The minimum atomic E-state index is -2.88. The van der Waals surface area contributed by atoms with Crippen LogP contribution in [0.15, 0.2) is 47.5 Å². The summed E-state index contributed by atoms with van der Waals surface area (Å²) in [6.07, 6.45) is 0. The number of hydrogen-bond acceptors (Lipinski definition) is 4. The summed E-state index contributed by atoms with van der Waals surface area (Å²) < 4.78 is 34.4. The summed E-state index contributed by atoms with van der Waals surface area (Å²) in [6, 6.07) is 12.0. The van der Waals surface area contributed by atoms with Crippen LogP contribution < -0.4 is 15.4 Å². The molecule has 0 aliphatic carbocycles. The van der Waals surface area contributed by atoms with Crippen molar-refractivity contribution in [3.63, 3.8) is 0 Å². The van der Waals surface area contributed by atoms with Gasteiger partial charge in [0.25, 0.3) is 0 Å². The Morgan fingerprint density at radius 3 is 2.34 bits per heavy atom. The van der Waals surface area contributed by atoms with Gasteiger partial charge in [-0.25, -0.2) is 4.79 Å². The van der Waals surface area contributed by atoms with Crippen LogP contribution in [0.4, 0.5) is 8.78 Å². The number of aryl methyl sites for hydroxylation is 1. The Hall–Kier alpha value is -2.43. The predicted molar refractivity (Wildman–Crippen MR) is 118 cm³/mol. The van der Waals surface area contributed by atoms with Crippen molar-refractivity contribution >= 4 is 35.9 Å². The molecule has 0 heterocycles. The summed E-state index contributed by atoms with van der Waals surface area (Å²) in [5.74, 6) is 0.237. The molecule has 9 heteroatoms. The molecule has 2 aromatic carbocycles. The SMILES string of the molecule is CN=C(NCc1ccc(C(=O)OC)cc1)NCc1cc(C)ccc1OC(F)F.I. The first kappa shape index (κ1) is 24.6. The van der Waals surface area contributed by atoms with Crippen LogP contribution in [-0.2, 0) is 17.8 Å². The lowest BCUT2D eigenvalue weighted by molar-refractivity contribution is -0.0504. The Bertz CT molecular complexity index is 830. The number of ether oxygens (including phenoxy) is 2. The third-order valence-corrected chi connectivity index (χ3v) is 3.94. The van der Waals surface area contributed by atoms with Crippen LogP contribution in [0, 0.1) is 6.92 Å². The maximum Gasteiger partial charge on any atom is 0.387 e. The van der Waals surface area contributed by atoms with Crippen LogP contribution in [-0.4, -0.2) is 32.7 Å². The molecule has 158 valence electrons. The largest absolute Gasteiger partial charge is 0.465 e. The number of guanidine groups is 1. The fraction of sp³-hybridized carbons (Fsp3) is 0.300. The molecule has 0 radical (unpaired) electrons. The normalized spacial score (nSPS) is 10.9. The Kier molecular flexibility index (Phi) is 10.4. The molecule has 0 spiro atoms. The van der Waals surface area contributed by atoms with Crippen molar-refractivity contribution in [1.29, 1.82) is 0 Å². The minimum absolute atomic E-state index is 0. The molecular formula is C20H24F2IN3O3. The lowest BCUT2D eigenvalue weighted by atomic mass is 10.1. The molecule has 0 aromatic heterocycles. The molecular weight excluding hydrogens is 495 g/mol. The molecule has 0 saturated carbocycles. The van der Waals surface area contributed by atoms with Gasteiger partial charge in [-0.15, -0.1) is 24.0 Å². The van der Waals surface area contributed by atoms with Gasteiger partial charge in [0.1, 0.15) is 5.75 Å². The summed E-state index contributed by atoms with van der Waals surface area (Å²) in [7, 11) is 2.95. The molecule has 0 amide bonds. The van der Waals surface area contributed by atoms with E-state index >= 15 is 0 Å². The van der Waals surface area contributed by atoms with E-state index < -0.39 is 12.6 Å². The van der Waals surface area contributed by atoms with Crippen LogP contribution in [0.3, 0.4) is 0 Å². The van der Waals surface area contributed by atoms with E-state index in [4.69, 9.17) is 0 Å². The molecule has 6 nitrogen and oxygen atoms in total. The van der Waals surface area contributed by atoms with E-state index in [-0.39, 0.29) is 36.3 Å². The maximum atomic E-state index is 12.6. The second-order valence-corrected chi connectivity index (χ2v) is 5.96. The van der Waals surface area contributed by atoms with Gasteiger partial charge in [0, 0.05) is 25.7 Å². The molecule has 0 atom stereocenters. The number of benzene rings is 2. The Morgan fingerprint density at radius 1 is 1.10 bits per heavy atom. The number of hydrogen-bond donors (Lipinski definition) is 2. The van der Waals surface area contributed by atoms with Crippen LogP contribution in [0.2, 0.25) is 0 Å². The number of carbonyl (C=O) groups is 1. The lowest BCUT2D eigenvalue weighted by Gasteiger charge is -2.15. The number of rotatable bonds is 7. The molecule has 2 rings (SSSR count). The van der Waals surface area contributed by atoms with Crippen LogP contribution in [0.5, 0.6) is 5.75 Å². The van der Waals surface area contributed by atoms with E-state index in [0.29, 0.717) is 23.6 Å². The molecule has 2 N–H and O–H groups in total. The van der Waals surface area contributed by atoms with Gasteiger partial charge in [0.2, 0.25) is 0 Å². The van der Waals surface area contributed by atoms with Crippen molar-refractivity contribution < 1.29 is 23.0 Å². The number of nitrogens with zero attached hydrogens (tertiary/aromatic N) is 1. The number of alkyl halides is 2. The number of aliphatic imine (C=N–C) groups is 1. The van der Waals surface area contributed by atoms with Crippen molar-refractivity contribution in [2.24, 2.45) is 4.99 Å². The third-order valence-electron chi connectivity index (χ3n) is 3.94. The summed E-state index contributed by atoms with van der Waals surface area (Å²) >= 11 is 0. The molecule has 0 unspecified atom stereocenters. The van der Waals surface area contributed by atoms with Crippen molar-refractivity contribution in [1.82, 2.24) is 10.6 Å². The van der Waals surface area contributed by atoms with Gasteiger partial charge < -0.3 is 20.1 Å². The molecule has 0 saturated heterocycles. The Labute approximate surface area is 185 Å². The highest BCUT2D eigenvalue weighted by atomic mass is 127. The molecule has 0 fully saturated rings. The zero-order valence-electron chi connectivity index (χ0n) is 16.4. The fourth-order valence-electron chi connectivity index (χ4n) is 2.52. The molecule has 2 aromatic rings. The maximum absolute atomic E-state index is 12.6. The molecule has 0 bridgehead atoms.